The molecule has 0 radical (unpaired) electrons. The summed E-state index contributed by atoms with van der Waals surface area (Å²) < 4.78 is 4.48. The van der Waals surface area contributed by atoms with Crippen molar-refractivity contribution in [1.29, 1.82) is 0 Å². The molecule has 0 saturated heterocycles. The second-order valence-corrected chi connectivity index (χ2v) is 4.57. The predicted octanol–water partition coefficient (Wildman–Crippen LogP) is 0.960. The van der Waals surface area contributed by atoms with Gasteiger partial charge in [0.2, 0.25) is 0 Å². The molecule has 0 spiro atoms. The van der Waals surface area contributed by atoms with Crippen molar-refractivity contribution in [1.82, 2.24) is 0 Å². The van der Waals surface area contributed by atoms with E-state index in [-0.39, 0.29) is 0 Å². The summed E-state index contributed by atoms with van der Waals surface area (Å²) in [6.45, 7) is 0. The van der Waals surface area contributed by atoms with Gasteiger partial charge in [0.1, 0.15) is 0 Å². The van der Waals surface area contributed by atoms with Gasteiger partial charge < -0.3 is 14.9 Å². The molecule has 0 heterocycles. The molecule has 1 unspecified atom stereocenters. The highest BCUT2D eigenvalue weighted by Crippen LogP contribution is 2.38. The van der Waals surface area contributed by atoms with Gasteiger partial charge >= 0.3 is 5.97 Å². The first-order chi connectivity index (χ1) is 8.04. The minimum Gasteiger partial charge on any atom is -0.467 e. The van der Waals surface area contributed by atoms with Crippen molar-refractivity contribution in [3.05, 3.63) is 35.4 Å². The van der Waals surface area contributed by atoms with Crippen molar-refractivity contribution in [3.8, 4) is 0 Å². The third kappa shape index (κ3) is 2.84. The van der Waals surface area contributed by atoms with Crippen LogP contribution in [0.3, 0.4) is 0 Å². The van der Waals surface area contributed by atoms with Crippen LogP contribution < -0.4 is 0 Å². The number of benzene rings is 1. The molecular weight excluding hydrogens is 220 g/mol. The zero-order chi connectivity index (χ0) is 12.5. The van der Waals surface area contributed by atoms with E-state index in [1.807, 2.05) is 6.07 Å². The molecule has 0 amide bonds. The Hall–Kier alpha value is -1.39. The molecule has 1 aliphatic rings. The van der Waals surface area contributed by atoms with E-state index in [4.69, 9.17) is 0 Å². The van der Waals surface area contributed by atoms with E-state index < -0.39 is 17.7 Å². The molecule has 4 nitrogen and oxygen atoms in total. The molecule has 92 valence electrons. The maximum absolute atomic E-state index is 11.2. The van der Waals surface area contributed by atoms with E-state index in [0.717, 1.165) is 18.4 Å². The first-order valence-electron chi connectivity index (χ1n) is 5.61. The van der Waals surface area contributed by atoms with Crippen molar-refractivity contribution in [2.75, 3.05) is 7.11 Å². The zero-order valence-corrected chi connectivity index (χ0v) is 9.72. The number of methoxy groups -OCH3 is 1. The molecular formula is C13H16O4. The largest absolute Gasteiger partial charge is 0.467 e. The van der Waals surface area contributed by atoms with Gasteiger partial charge in [-0.15, -0.1) is 0 Å². The van der Waals surface area contributed by atoms with Gasteiger partial charge in [0, 0.05) is 6.42 Å². The van der Waals surface area contributed by atoms with Crippen LogP contribution >= 0.6 is 0 Å². The number of carbonyl (C=O) groups is 1. The molecule has 4 heteroatoms. The maximum atomic E-state index is 11.2. The molecule has 1 aliphatic carbocycles. The number of ether oxygens (including phenoxy) is 1. The number of aliphatic hydroxyl groups excluding tert-OH is 1. The lowest BCUT2D eigenvalue weighted by molar-refractivity contribution is -0.150. The summed E-state index contributed by atoms with van der Waals surface area (Å²) in [5.41, 5.74) is 0.846. The maximum Gasteiger partial charge on any atom is 0.339 e. The van der Waals surface area contributed by atoms with Crippen molar-refractivity contribution in [3.63, 3.8) is 0 Å². The Kier molecular flexibility index (Phi) is 3.17. The highest BCUT2D eigenvalue weighted by molar-refractivity contribution is 5.76. The van der Waals surface area contributed by atoms with E-state index >= 15 is 0 Å². The molecule has 17 heavy (non-hydrogen) atoms. The molecule has 1 saturated carbocycles. The van der Waals surface area contributed by atoms with Crippen LogP contribution in [0.5, 0.6) is 0 Å². The monoisotopic (exact) mass is 236 g/mol. The smallest absolute Gasteiger partial charge is 0.339 e. The van der Waals surface area contributed by atoms with Crippen molar-refractivity contribution in [2.45, 2.75) is 31.0 Å². The first kappa shape index (κ1) is 12.1. The predicted molar refractivity (Wildman–Crippen MR) is 61.3 cm³/mol. The summed E-state index contributed by atoms with van der Waals surface area (Å²) in [5, 5.41) is 19.5. The quantitative estimate of drug-likeness (QED) is 0.764. The van der Waals surface area contributed by atoms with Crippen molar-refractivity contribution in [2.24, 2.45) is 0 Å². The van der Waals surface area contributed by atoms with E-state index in [0.29, 0.717) is 12.0 Å². The average molecular weight is 236 g/mol. The van der Waals surface area contributed by atoms with Gasteiger partial charge in [-0.2, -0.15) is 0 Å². The van der Waals surface area contributed by atoms with Crippen LogP contribution in [0.15, 0.2) is 24.3 Å². The number of rotatable bonds is 4. The van der Waals surface area contributed by atoms with Crippen LogP contribution in [0.4, 0.5) is 0 Å². The SMILES string of the molecule is COC(=O)C(O)c1cccc(CC2(O)CC2)c1. The van der Waals surface area contributed by atoms with Crippen LogP contribution in [0, 0.1) is 0 Å². The van der Waals surface area contributed by atoms with E-state index in [1.165, 1.54) is 7.11 Å². The van der Waals surface area contributed by atoms with Gasteiger partial charge in [-0.1, -0.05) is 24.3 Å². The molecule has 1 aromatic carbocycles. The first-order valence-corrected chi connectivity index (χ1v) is 5.61. The second-order valence-electron chi connectivity index (χ2n) is 4.57. The molecule has 1 fully saturated rings. The van der Waals surface area contributed by atoms with Crippen LogP contribution in [0.25, 0.3) is 0 Å². The fourth-order valence-electron chi connectivity index (χ4n) is 1.82. The van der Waals surface area contributed by atoms with Gasteiger partial charge in [-0.05, 0) is 24.0 Å². The van der Waals surface area contributed by atoms with E-state index in [9.17, 15) is 15.0 Å². The summed E-state index contributed by atoms with van der Waals surface area (Å²) in [7, 11) is 1.24. The Bertz CT molecular complexity index is 423. The minimum atomic E-state index is -1.26. The molecule has 1 atom stereocenters. The van der Waals surface area contributed by atoms with Gasteiger partial charge in [-0.3, -0.25) is 0 Å². The third-order valence-corrected chi connectivity index (χ3v) is 3.05. The summed E-state index contributed by atoms with van der Waals surface area (Å²) in [5.74, 6) is -0.674. The third-order valence-electron chi connectivity index (χ3n) is 3.05. The molecule has 1 aromatic rings. The normalized spacial score (nSPS) is 18.5. The second kappa shape index (κ2) is 4.47. The Labute approximate surface area is 99.8 Å². The Morgan fingerprint density at radius 3 is 2.82 bits per heavy atom. The lowest BCUT2D eigenvalue weighted by Crippen LogP contribution is -2.15. The van der Waals surface area contributed by atoms with E-state index in [1.54, 1.807) is 18.2 Å². The molecule has 2 rings (SSSR count). The molecule has 0 bridgehead atoms. The Morgan fingerprint density at radius 2 is 2.24 bits per heavy atom. The van der Waals surface area contributed by atoms with Crippen molar-refractivity contribution >= 4 is 5.97 Å². The van der Waals surface area contributed by atoms with Crippen molar-refractivity contribution < 1.29 is 19.7 Å². The molecule has 0 aromatic heterocycles. The standard InChI is InChI=1S/C13H16O4/c1-17-12(15)11(14)10-4-2-3-9(7-10)8-13(16)5-6-13/h2-4,7,11,14,16H,5-6,8H2,1H3. The summed E-state index contributed by atoms with van der Waals surface area (Å²) in [6.07, 6.45) is 0.941. The number of carbonyl (C=O) groups excluding carboxylic acids is 1. The van der Waals surface area contributed by atoms with Crippen LogP contribution in [0.2, 0.25) is 0 Å². The number of esters is 1. The topological polar surface area (TPSA) is 66.8 Å². The minimum absolute atomic E-state index is 0.499. The summed E-state index contributed by atoms with van der Waals surface area (Å²) in [6, 6.07) is 7.05. The Balaban J connectivity index is 2.13. The molecule has 0 aliphatic heterocycles. The summed E-state index contributed by atoms with van der Waals surface area (Å²) in [4.78, 5) is 11.2. The van der Waals surface area contributed by atoms with Crippen LogP contribution in [0.1, 0.15) is 30.1 Å². The van der Waals surface area contributed by atoms with Gasteiger partial charge in [0.15, 0.2) is 6.10 Å². The number of hydrogen-bond acceptors (Lipinski definition) is 4. The zero-order valence-electron chi connectivity index (χ0n) is 9.72. The van der Waals surface area contributed by atoms with Gasteiger partial charge in [0.05, 0.1) is 12.7 Å². The number of hydrogen-bond donors (Lipinski definition) is 2. The van der Waals surface area contributed by atoms with Crippen LogP contribution in [-0.2, 0) is 16.0 Å². The lowest BCUT2D eigenvalue weighted by Gasteiger charge is -2.12. The van der Waals surface area contributed by atoms with E-state index in [2.05, 4.69) is 4.74 Å². The fraction of sp³-hybridized carbons (Fsp3) is 0.462. The Morgan fingerprint density at radius 1 is 1.53 bits per heavy atom. The van der Waals surface area contributed by atoms with Crippen LogP contribution in [-0.4, -0.2) is 28.9 Å². The highest BCUT2D eigenvalue weighted by Gasteiger charge is 2.40. The average Bonchev–Trinajstić information content (AvgIpc) is 3.05. The molecule has 2 N–H and O–H groups in total. The summed E-state index contributed by atoms with van der Waals surface area (Å²) >= 11 is 0. The number of aliphatic hydroxyl groups is 2. The fourth-order valence-corrected chi connectivity index (χ4v) is 1.82. The lowest BCUT2D eigenvalue weighted by atomic mass is 10.0. The van der Waals surface area contributed by atoms with Gasteiger partial charge in [-0.25, -0.2) is 4.79 Å². The van der Waals surface area contributed by atoms with Gasteiger partial charge in [0.25, 0.3) is 0 Å². The highest BCUT2D eigenvalue weighted by atomic mass is 16.5.